The second kappa shape index (κ2) is 18.5. The first kappa shape index (κ1) is 31.7. The molecule has 0 spiro atoms. The quantitative estimate of drug-likeness (QED) is 0.0697. The van der Waals surface area contributed by atoms with Crippen molar-refractivity contribution in [2.24, 2.45) is 0 Å². The number of benzene rings is 3. The number of hydrogen-bond acceptors (Lipinski definition) is 4. The van der Waals surface area contributed by atoms with Gasteiger partial charge in [-0.1, -0.05) is 107 Å². The van der Waals surface area contributed by atoms with E-state index < -0.39 is 0 Å². The van der Waals surface area contributed by atoms with Crippen molar-refractivity contribution in [2.45, 2.75) is 71.1 Å². The third-order valence-electron chi connectivity index (χ3n) is 7.10. The van der Waals surface area contributed by atoms with Crippen LogP contribution in [0.4, 0.5) is 0 Å². The highest BCUT2D eigenvalue weighted by Gasteiger charge is 2.15. The molecule has 3 aromatic rings. The lowest BCUT2D eigenvalue weighted by Gasteiger charge is -2.10. The van der Waals surface area contributed by atoms with Crippen molar-refractivity contribution in [3.05, 3.63) is 95.6 Å². The van der Waals surface area contributed by atoms with Crippen LogP contribution in [-0.4, -0.2) is 32.0 Å². The molecule has 0 aliphatic rings. The van der Waals surface area contributed by atoms with Crippen molar-refractivity contribution in [3.63, 3.8) is 0 Å². The van der Waals surface area contributed by atoms with Gasteiger partial charge >= 0.3 is 0 Å². The predicted molar refractivity (Wildman–Crippen MR) is 168 cm³/mol. The average Bonchev–Trinajstić information content (AvgIpc) is 3.02. The summed E-state index contributed by atoms with van der Waals surface area (Å²) in [6.07, 6.45) is 14.6. The number of allylic oxidation sites excluding steroid dienone is 1. The molecule has 218 valence electrons. The third-order valence-corrected chi connectivity index (χ3v) is 7.10. The minimum Gasteiger partial charge on any atom is -0.497 e. The van der Waals surface area contributed by atoms with Gasteiger partial charge in [-0.2, -0.15) is 0 Å². The predicted octanol–water partition coefficient (Wildman–Crippen LogP) is 8.53. The van der Waals surface area contributed by atoms with E-state index >= 15 is 0 Å². The van der Waals surface area contributed by atoms with E-state index in [9.17, 15) is 9.59 Å². The Bertz CT molecular complexity index is 1200. The minimum absolute atomic E-state index is 0.0157. The number of hydrogen-bond donors (Lipinski definition) is 1. The first-order chi connectivity index (χ1) is 20.1. The normalized spacial score (nSPS) is 11.2. The number of carbonyl (C=O) groups is 2. The maximum atomic E-state index is 13.4. The molecule has 0 aliphatic carbocycles. The highest BCUT2D eigenvalue weighted by molar-refractivity contribution is 6.32. The topological polar surface area (TPSA) is 64.6 Å². The van der Waals surface area contributed by atoms with Crippen LogP contribution in [0.2, 0.25) is 0 Å². The summed E-state index contributed by atoms with van der Waals surface area (Å²) in [5, 5.41) is 2.95. The van der Waals surface area contributed by atoms with Crippen molar-refractivity contribution in [1.29, 1.82) is 0 Å². The molecular formula is C36H45NO4. The minimum atomic E-state index is -0.110. The van der Waals surface area contributed by atoms with Gasteiger partial charge in [0.05, 0.1) is 7.11 Å². The van der Waals surface area contributed by atoms with Gasteiger partial charge < -0.3 is 14.8 Å². The van der Waals surface area contributed by atoms with Gasteiger partial charge in [0.2, 0.25) is 0 Å². The molecule has 0 fully saturated rings. The molecule has 0 saturated carbocycles. The fourth-order valence-electron chi connectivity index (χ4n) is 4.66. The molecule has 1 N–H and O–H groups in total. The van der Waals surface area contributed by atoms with Gasteiger partial charge in [-0.3, -0.25) is 9.59 Å². The van der Waals surface area contributed by atoms with E-state index in [0.717, 1.165) is 24.0 Å². The highest BCUT2D eigenvalue weighted by atomic mass is 16.5. The molecule has 0 heterocycles. The molecule has 1 amide bonds. The summed E-state index contributed by atoms with van der Waals surface area (Å²) in [5.74, 6) is 1.13. The summed E-state index contributed by atoms with van der Waals surface area (Å²) in [6.45, 7) is 2.92. The van der Waals surface area contributed by atoms with E-state index in [2.05, 4.69) is 12.2 Å². The van der Waals surface area contributed by atoms with E-state index in [1.54, 1.807) is 31.4 Å². The van der Waals surface area contributed by atoms with E-state index in [1.807, 2.05) is 60.7 Å². The van der Waals surface area contributed by atoms with Gasteiger partial charge in [-0.05, 0) is 60.0 Å². The Balaban J connectivity index is 1.45. The fraction of sp³-hybridized carbons (Fsp3) is 0.389. The molecule has 0 atom stereocenters. The lowest BCUT2D eigenvalue weighted by atomic mass is 9.94. The molecule has 3 aromatic carbocycles. The Hall–Kier alpha value is -3.86. The molecule has 0 radical (unpaired) electrons. The van der Waals surface area contributed by atoms with Crippen LogP contribution in [0.25, 0.3) is 11.6 Å². The van der Waals surface area contributed by atoms with E-state index in [4.69, 9.17) is 9.47 Å². The van der Waals surface area contributed by atoms with Crippen LogP contribution >= 0.6 is 0 Å². The number of carbonyl (C=O) groups excluding carboxylic acids is 2. The maximum absolute atomic E-state index is 13.4. The number of nitrogens with one attached hydrogen (secondary N) is 1. The maximum Gasteiger partial charge on any atom is 0.257 e. The molecule has 0 bridgehead atoms. The Kier molecular flexibility index (Phi) is 14.3. The monoisotopic (exact) mass is 555 g/mol. The zero-order chi connectivity index (χ0) is 29.1. The second-order valence-electron chi connectivity index (χ2n) is 10.4. The fourth-order valence-corrected chi connectivity index (χ4v) is 4.66. The van der Waals surface area contributed by atoms with E-state index in [0.29, 0.717) is 29.2 Å². The molecule has 0 saturated heterocycles. The van der Waals surface area contributed by atoms with Crippen LogP contribution in [0.15, 0.2) is 78.9 Å². The number of ketones is 1. The number of rotatable bonds is 19. The van der Waals surface area contributed by atoms with E-state index in [1.165, 1.54) is 51.4 Å². The Labute approximate surface area is 246 Å². The zero-order valence-electron chi connectivity index (χ0n) is 24.7. The first-order valence-corrected chi connectivity index (χ1v) is 15.1. The summed E-state index contributed by atoms with van der Waals surface area (Å²) >= 11 is 0. The lowest BCUT2D eigenvalue weighted by Crippen LogP contribution is -2.29. The van der Waals surface area contributed by atoms with Crippen molar-refractivity contribution in [2.75, 3.05) is 20.3 Å². The number of ether oxygens (including phenoxy) is 2. The van der Waals surface area contributed by atoms with Crippen LogP contribution in [0.5, 0.6) is 11.5 Å². The average molecular weight is 556 g/mol. The van der Waals surface area contributed by atoms with Crippen LogP contribution in [0.1, 0.15) is 92.6 Å². The van der Waals surface area contributed by atoms with Crippen LogP contribution in [-0.2, 0) is 4.79 Å². The van der Waals surface area contributed by atoms with Gasteiger partial charge in [0.25, 0.3) is 5.91 Å². The Morgan fingerprint density at radius 3 is 1.88 bits per heavy atom. The van der Waals surface area contributed by atoms with Gasteiger partial charge in [0, 0.05) is 17.7 Å². The van der Waals surface area contributed by atoms with Crippen LogP contribution < -0.4 is 14.8 Å². The number of unbranched alkanes of at least 4 members (excludes halogenated alkanes) is 9. The van der Waals surface area contributed by atoms with E-state index in [-0.39, 0.29) is 18.3 Å². The highest BCUT2D eigenvalue weighted by Crippen LogP contribution is 2.25. The Morgan fingerprint density at radius 2 is 1.27 bits per heavy atom. The van der Waals surface area contributed by atoms with Gasteiger partial charge in [0.1, 0.15) is 11.5 Å². The molecule has 41 heavy (non-hydrogen) atoms. The van der Waals surface area contributed by atoms with Crippen molar-refractivity contribution in [1.82, 2.24) is 5.32 Å². The van der Waals surface area contributed by atoms with Crippen molar-refractivity contribution in [3.8, 4) is 11.5 Å². The largest absolute Gasteiger partial charge is 0.497 e. The zero-order valence-corrected chi connectivity index (χ0v) is 24.7. The SMILES string of the molecule is CCCCCCCCCCCCNC(=O)COc1ccc(/C=C(/C(=O)c2ccc(OC)cc2)c2ccccc2)cc1. The molecule has 5 nitrogen and oxygen atoms in total. The molecular weight excluding hydrogens is 510 g/mol. The van der Waals surface area contributed by atoms with Gasteiger partial charge in [-0.15, -0.1) is 0 Å². The molecule has 0 aliphatic heterocycles. The van der Waals surface area contributed by atoms with Crippen LogP contribution in [0, 0.1) is 0 Å². The second-order valence-corrected chi connectivity index (χ2v) is 10.4. The van der Waals surface area contributed by atoms with Gasteiger partial charge in [0.15, 0.2) is 12.4 Å². The Morgan fingerprint density at radius 1 is 0.683 bits per heavy atom. The lowest BCUT2D eigenvalue weighted by molar-refractivity contribution is -0.123. The summed E-state index contributed by atoms with van der Waals surface area (Å²) in [4.78, 5) is 25.6. The smallest absolute Gasteiger partial charge is 0.257 e. The van der Waals surface area contributed by atoms with Crippen molar-refractivity contribution < 1.29 is 19.1 Å². The van der Waals surface area contributed by atoms with Gasteiger partial charge in [-0.25, -0.2) is 0 Å². The standard InChI is InChI=1S/C36H45NO4/c1-3-4-5-6-7-8-9-10-11-15-26-37-35(38)28-41-33-22-18-29(19-23-33)27-34(30-16-13-12-14-17-30)36(39)31-20-24-32(40-2)25-21-31/h12-14,16-25,27H,3-11,15,26,28H2,1-2H3,(H,37,38)/b34-27+. The molecule has 0 aromatic heterocycles. The third kappa shape index (κ3) is 11.6. The van der Waals surface area contributed by atoms with Crippen LogP contribution in [0.3, 0.4) is 0 Å². The molecule has 3 rings (SSSR count). The summed E-state index contributed by atoms with van der Waals surface area (Å²) in [6, 6.07) is 24.2. The summed E-state index contributed by atoms with van der Waals surface area (Å²) in [5.41, 5.74) is 2.89. The summed E-state index contributed by atoms with van der Waals surface area (Å²) in [7, 11) is 1.60. The number of amides is 1. The summed E-state index contributed by atoms with van der Waals surface area (Å²) < 4.78 is 10.9. The number of Topliss-reactive ketones (excluding diaryl/α,β-unsaturated/α-hetero) is 1. The van der Waals surface area contributed by atoms with Crippen molar-refractivity contribution >= 4 is 23.3 Å². The molecule has 5 heteroatoms. The molecule has 0 unspecified atom stereocenters. The number of methoxy groups -OCH3 is 1. The first-order valence-electron chi connectivity index (χ1n) is 15.1.